The third-order valence-corrected chi connectivity index (χ3v) is 1.90. The molecule has 1 aliphatic carbocycles. The van der Waals surface area contributed by atoms with Gasteiger partial charge in [0.15, 0.2) is 0 Å². The molecule has 0 saturated carbocycles. The van der Waals surface area contributed by atoms with E-state index in [2.05, 4.69) is 4.74 Å². The predicted molar refractivity (Wildman–Crippen MR) is 46.4 cm³/mol. The Morgan fingerprint density at radius 1 is 1.75 bits per heavy atom. The number of hydrogen-bond donors (Lipinski definition) is 1. The van der Waals surface area contributed by atoms with Gasteiger partial charge in [-0.15, -0.1) is 0 Å². The minimum atomic E-state index is -0.583. The molecule has 0 heterocycles. The van der Waals surface area contributed by atoms with Crippen LogP contribution < -0.4 is 5.73 Å². The quantitative estimate of drug-likeness (QED) is 0.618. The molecular weight excluding hydrogens is 154 g/mol. The fraction of sp³-hybridized carbons (Fsp3) is 0.444. The average Bonchev–Trinajstić information content (AvgIpc) is 2.17. The number of rotatable bonds is 2. The van der Waals surface area contributed by atoms with Gasteiger partial charge in [-0.05, 0) is 18.4 Å². The fourth-order valence-corrected chi connectivity index (χ4v) is 1.16. The molecule has 3 nitrogen and oxygen atoms in total. The number of nitrogens with two attached hydrogens (primary N) is 1. The van der Waals surface area contributed by atoms with E-state index in [1.165, 1.54) is 7.11 Å². The van der Waals surface area contributed by atoms with Crippen LogP contribution in [0.4, 0.5) is 0 Å². The normalized spacial score (nSPS) is 18.3. The lowest BCUT2D eigenvalue weighted by molar-refractivity contribution is -0.141. The molecule has 3 heteroatoms. The van der Waals surface area contributed by atoms with Crippen LogP contribution in [0, 0.1) is 0 Å². The number of methoxy groups -OCH3 is 1. The summed E-state index contributed by atoms with van der Waals surface area (Å²) in [5, 5.41) is 0. The Morgan fingerprint density at radius 2 is 2.50 bits per heavy atom. The summed E-state index contributed by atoms with van der Waals surface area (Å²) >= 11 is 0. The molecule has 0 fully saturated rings. The van der Waals surface area contributed by atoms with Crippen molar-refractivity contribution in [3.8, 4) is 0 Å². The van der Waals surface area contributed by atoms with Crippen LogP contribution in [0.15, 0.2) is 23.8 Å². The summed E-state index contributed by atoms with van der Waals surface area (Å²) in [5.41, 5.74) is 6.57. The van der Waals surface area contributed by atoms with E-state index in [0.717, 1.165) is 18.4 Å². The molecule has 0 aliphatic heterocycles. The van der Waals surface area contributed by atoms with Crippen LogP contribution >= 0.6 is 0 Å². The minimum absolute atomic E-state index is 0.364. The SMILES string of the molecule is COC(=O)[C@H](N)C1=CC=CCC1. The zero-order chi connectivity index (χ0) is 8.97. The molecule has 0 spiro atoms. The Bertz CT molecular complexity index is 231. The van der Waals surface area contributed by atoms with Crippen molar-refractivity contribution in [1.29, 1.82) is 0 Å². The summed E-state index contributed by atoms with van der Waals surface area (Å²) in [6, 6.07) is -0.583. The maximum atomic E-state index is 11.0. The summed E-state index contributed by atoms with van der Waals surface area (Å²) in [7, 11) is 1.35. The number of hydrogen-bond acceptors (Lipinski definition) is 3. The van der Waals surface area contributed by atoms with Crippen LogP contribution in [0.2, 0.25) is 0 Å². The maximum Gasteiger partial charge on any atom is 0.326 e. The number of esters is 1. The lowest BCUT2D eigenvalue weighted by Gasteiger charge is -2.14. The van der Waals surface area contributed by atoms with Crippen molar-refractivity contribution in [3.05, 3.63) is 23.8 Å². The largest absolute Gasteiger partial charge is 0.468 e. The second kappa shape index (κ2) is 4.07. The number of carbonyl (C=O) groups is 1. The van der Waals surface area contributed by atoms with Crippen LogP contribution in [-0.4, -0.2) is 19.1 Å². The highest BCUT2D eigenvalue weighted by atomic mass is 16.5. The summed E-state index contributed by atoms with van der Waals surface area (Å²) in [4.78, 5) is 11.0. The summed E-state index contributed by atoms with van der Waals surface area (Å²) in [6.45, 7) is 0. The van der Waals surface area contributed by atoms with Crippen LogP contribution in [0.3, 0.4) is 0 Å². The number of ether oxygens (including phenoxy) is 1. The van der Waals surface area contributed by atoms with E-state index in [9.17, 15) is 4.79 Å². The first-order valence-electron chi connectivity index (χ1n) is 3.94. The second-order valence-electron chi connectivity index (χ2n) is 2.71. The van der Waals surface area contributed by atoms with Crippen molar-refractivity contribution in [3.63, 3.8) is 0 Å². The summed E-state index contributed by atoms with van der Waals surface area (Å²) in [6.07, 6.45) is 7.66. The first-order chi connectivity index (χ1) is 5.75. The molecule has 0 saturated heterocycles. The molecule has 0 bridgehead atoms. The topological polar surface area (TPSA) is 52.3 Å². The third kappa shape index (κ3) is 1.95. The Morgan fingerprint density at radius 3 is 3.00 bits per heavy atom. The number of carbonyl (C=O) groups excluding carboxylic acids is 1. The Labute approximate surface area is 71.9 Å². The standard InChI is InChI=1S/C9H13NO2/c1-12-9(11)8(10)7-5-3-2-4-6-7/h2-3,5,8H,4,6,10H2,1H3/t8-/m1/s1. The van der Waals surface area contributed by atoms with E-state index < -0.39 is 6.04 Å². The van der Waals surface area contributed by atoms with Crippen molar-refractivity contribution < 1.29 is 9.53 Å². The predicted octanol–water partition coefficient (Wildman–Crippen LogP) is 0.763. The van der Waals surface area contributed by atoms with Crippen molar-refractivity contribution in [2.24, 2.45) is 5.73 Å². The van der Waals surface area contributed by atoms with Gasteiger partial charge in [-0.3, -0.25) is 4.79 Å². The van der Waals surface area contributed by atoms with E-state index in [1.807, 2.05) is 18.2 Å². The molecular formula is C9H13NO2. The zero-order valence-electron chi connectivity index (χ0n) is 7.12. The molecule has 66 valence electrons. The molecule has 0 unspecified atom stereocenters. The molecule has 1 aliphatic rings. The van der Waals surface area contributed by atoms with Gasteiger partial charge in [0, 0.05) is 0 Å². The second-order valence-corrected chi connectivity index (χ2v) is 2.71. The van der Waals surface area contributed by atoms with Crippen LogP contribution in [0.5, 0.6) is 0 Å². The van der Waals surface area contributed by atoms with Gasteiger partial charge < -0.3 is 10.5 Å². The highest BCUT2D eigenvalue weighted by Gasteiger charge is 2.18. The van der Waals surface area contributed by atoms with Gasteiger partial charge in [-0.1, -0.05) is 18.2 Å². The van der Waals surface area contributed by atoms with Gasteiger partial charge in [0.2, 0.25) is 0 Å². The Hall–Kier alpha value is -1.09. The average molecular weight is 167 g/mol. The molecule has 0 aromatic heterocycles. The highest BCUT2D eigenvalue weighted by Crippen LogP contribution is 2.14. The van der Waals surface area contributed by atoms with Crippen LogP contribution in [0.1, 0.15) is 12.8 Å². The lowest BCUT2D eigenvalue weighted by Crippen LogP contribution is -2.33. The van der Waals surface area contributed by atoms with E-state index in [4.69, 9.17) is 5.73 Å². The highest BCUT2D eigenvalue weighted by molar-refractivity contribution is 5.79. The summed E-state index contributed by atoms with van der Waals surface area (Å²) < 4.78 is 4.54. The van der Waals surface area contributed by atoms with Gasteiger partial charge in [-0.2, -0.15) is 0 Å². The van der Waals surface area contributed by atoms with E-state index in [1.54, 1.807) is 0 Å². The van der Waals surface area contributed by atoms with Gasteiger partial charge in [-0.25, -0.2) is 0 Å². The van der Waals surface area contributed by atoms with Crippen molar-refractivity contribution in [1.82, 2.24) is 0 Å². The zero-order valence-corrected chi connectivity index (χ0v) is 7.12. The minimum Gasteiger partial charge on any atom is -0.468 e. The van der Waals surface area contributed by atoms with Crippen LogP contribution in [0.25, 0.3) is 0 Å². The monoisotopic (exact) mass is 167 g/mol. The molecule has 2 N–H and O–H groups in total. The Kier molecular flexibility index (Phi) is 3.05. The molecule has 0 amide bonds. The van der Waals surface area contributed by atoms with E-state index in [0.29, 0.717) is 0 Å². The van der Waals surface area contributed by atoms with Gasteiger partial charge in [0.25, 0.3) is 0 Å². The molecule has 12 heavy (non-hydrogen) atoms. The van der Waals surface area contributed by atoms with E-state index >= 15 is 0 Å². The first kappa shape index (κ1) is 9.00. The Balaban J connectivity index is 2.62. The van der Waals surface area contributed by atoms with Crippen molar-refractivity contribution in [2.75, 3.05) is 7.11 Å². The fourth-order valence-electron chi connectivity index (χ4n) is 1.16. The van der Waals surface area contributed by atoms with E-state index in [-0.39, 0.29) is 5.97 Å². The summed E-state index contributed by atoms with van der Waals surface area (Å²) in [5.74, 6) is -0.364. The lowest BCUT2D eigenvalue weighted by atomic mass is 9.99. The van der Waals surface area contributed by atoms with Gasteiger partial charge in [0.1, 0.15) is 6.04 Å². The van der Waals surface area contributed by atoms with Gasteiger partial charge in [0.05, 0.1) is 7.11 Å². The molecule has 0 aromatic rings. The number of allylic oxidation sites excluding steroid dienone is 3. The van der Waals surface area contributed by atoms with Crippen molar-refractivity contribution >= 4 is 5.97 Å². The first-order valence-corrected chi connectivity index (χ1v) is 3.94. The molecule has 1 rings (SSSR count). The molecule has 0 aromatic carbocycles. The third-order valence-electron chi connectivity index (χ3n) is 1.90. The van der Waals surface area contributed by atoms with Crippen molar-refractivity contribution in [2.45, 2.75) is 18.9 Å². The van der Waals surface area contributed by atoms with Gasteiger partial charge >= 0.3 is 5.97 Å². The molecule has 1 atom stereocenters. The van der Waals surface area contributed by atoms with Crippen LogP contribution in [-0.2, 0) is 9.53 Å². The molecule has 0 radical (unpaired) electrons. The smallest absolute Gasteiger partial charge is 0.326 e. The maximum absolute atomic E-state index is 11.0.